The van der Waals surface area contributed by atoms with Gasteiger partial charge in [-0.1, -0.05) is 34.8 Å². The third kappa shape index (κ3) is 3.77. The van der Waals surface area contributed by atoms with E-state index in [9.17, 15) is 14.0 Å². The summed E-state index contributed by atoms with van der Waals surface area (Å²) in [4.78, 5) is 23.8. The Hall–Kier alpha value is -1.62. The van der Waals surface area contributed by atoms with Crippen molar-refractivity contribution >= 4 is 46.6 Å². The van der Waals surface area contributed by atoms with Crippen LogP contribution in [0.25, 0.3) is 0 Å². The monoisotopic (exact) mass is 360 g/mol. The number of esters is 1. The van der Waals surface area contributed by atoms with E-state index in [1.807, 2.05) is 0 Å². The van der Waals surface area contributed by atoms with Gasteiger partial charge in [-0.2, -0.15) is 0 Å². The predicted molar refractivity (Wildman–Crippen MR) is 82.5 cm³/mol. The number of rotatable bonds is 4. The maximum atomic E-state index is 12.8. The van der Waals surface area contributed by atoms with Crippen molar-refractivity contribution in [2.75, 3.05) is 6.61 Å². The standard InChI is InChI=1S/C15H8Cl3FO3/c16-10-5-6-11(17)14(18)13(10)15(21)22-7-12(20)8-1-3-9(19)4-2-8/h1-6H,7H2. The van der Waals surface area contributed by atoms with E-state index in [1.54, 1.807) is 0 Å². The molecule has 2 rings (SSSR count). The van der Waals surface area contributed by atoms with E-state index < -0.39 is 24.2 Å². The molecule has 0 N–H and O–H groups in total. The first-order valence-electron chi connectivity index (χ1n) is 5.99. The molecule has 0 aliphatic carbocycles. The normalized spacial score (nSPS) is 10.4. The molecule has 0 atom stereocenters. The maximum absolute atomic E-state index is 12.8. The highest BCUT2D eigenvalue weighted by atomic mass is 35.5. The molecule has 114 valence electrons. The molecule has 0 radical (unpaired) electrons. The van der Waals surface area contributed by atoms with Gasteiger partial charge < -0.3 is 4.74 Å². The van der Waals surface area contributed by atoms with Crippen LogP contribution in [0.1, 0.15) is 20.7 Å². The van der Waals surface area contributed by atoms with Crippen LogP contribution >= 0.6 is 34.8 Å². The first-order chi connectivity index (χ1) is 10.4. The van der Waals surface area contributed by atoms with Crippen LogP contribution in [-0.4, -0.2) is 18.4 Å². The zero-order chi connectivity index (χ0) is 16.3. The van der Waals surface area contributed by atoms with E-state index in [4.69, 9.17) is 39.5 Å². The Labute approximate surface area is 140 Å². The summed E-state index contributed by atoms with van der Waals surface area (Å²) in [5.74, 6) is -1.82. The molecule has 0 unspecified atom stereocenters. The number of carbonyl (C=O) groups excluding carboxylic acids is 2. The van der Waals surface area contributed by atoms with Crippen molar-refractivity contribution in [2.24, 2.45) is 0 Å². The summed E-state index contributed by atoms with van der Waals surface area (Å²) in [7, 11) is 0. The highest BCUT2D eigenvalue weighted by molar-refractivity contribution is 6.46. The fourth-order valence-electron chi connectivity index (χ4n) is 1.64. The first kappa shape index (κ1) is 16.7. The van der Waals surface area contributed by atoms with E-state index in [0.717, 1.165) is 12.1 Å². The number of ketones is 1. The Morgan fingerprint density at radius 1 is 0.955 bits per heavy atom. The SMILES string of the molecule is O=C(COC(=O)c1c(Cl)ccc(Cl)c1Cl)c1ccc(F)cc1. The molecule has 0 fully saturated rings. The number of hydrogen-bond donors (Lipinski definition) is 0. The van der Waals surface area contributed by atoms with Crippen LogP contribution in [0.5, 0.6) is 0 Å². The van der Waals surface area contributed by atoms with Gasteiger partial charge in [0.25, 0.3) is 0 Å². The highest BCUT2D eigenvalue weighted by Gasteiger charge is 2.20. The lowest BCUT2D eigenvalue weighted by Gasteiger charge is -2.08. The van der Waals surface area contributed by atoms with Crippen molar-refractivity contribution < 1.29 is 18.7 Å². The largest absolute Gasteiger partial charge is 0.454 e. The van der Waals surface area contributed by atoms with Crippen LogP contribution in [0.4, 0.5) is 4.39 Å². The van der Waals surface area contributed by atoms with E-state index in [0.29, 0.717) is 0 Å². The van der Waals surface area contributed by atoms with Gasteiger partial charge in [0.15, 0.2) is 12.4 Å². The summed E-state index contributed by atoms with van der Waals surface area (Å²) < 4.78 is 17.7. The van der Waals surface area contributed by atoms with Gasteiger partial charge in [0.05, 0.1) is 20.6 Å². The minimum atomic E-state index is -0.868. The van der Waals surface area contributed by atoms with E-state index >= 15 is 0 Å². The smallest absolute Gasteiger partial charge is 0.341 e. The van der Waals surface area contributed by atoms with E-state index in [1.165, 1.54) is 24.3 Å². The third-order valence-electron chi connectivity index (χ3n) is 2.75. The predicted octanol–water partition coefficient (Wildman–Crippen LogP) is 4.83. The molecule has 0 saturated heterocycles. The topological polar surface area (TPSA) is 43.4 Å². The molecule has 0 spiro atoms. The number of ether oxygens (including phenoxy) is 1. The van der Waals surface area contributed by atoms with Gasteiger partial charge in [0.2, 0.25) is 0 Å². The zero-order valence-electron chi connectivity index (χ0n) is 10.9. The van der Waals surface area contributed by atoms with Gasteiger partial charge in [-0.15, -0.1) is 0 Å². The quantitative estimate of drug-likeness (QED) is 0.445. The molecule has 2 aromatic carbocycles. The van der Waals surface area contributed by atoms with E-state index in [-0.39, 0.29) is 26.2 Å². The minimum absolute atomic E-state index is 0.0478. The van der Waals surface area contributed by atoms with Gasteiger partial charge in [-0.25, -0.2) is 9.18 Å². The average Bonchev–Trinajstić information content (AvgIpc) is 2.49. The van der Waals surface area contributed by atoms with Crippen LogP contribution in [0.2, 0.25) is 15.1 Å². The molecule has 2 aromatic rings. The van der Waals surface area contributed by atoms with Gasteiger partial charge in [-0.05, 0) is 36.4 Å². The highest BCUT2D eigenvalue weighted by Crippen LogP contribution is 2.31. The molecular weight excluding hydrogens is 354 g/mol. The molecule has 3 nitrogen and oxygen atoms in total. The van der Waals surface area contributed by atoms with Gasteiger partial charge in [-0.3, -0.25) is 4.79 Å². The summed E-state index contributed by atoms with van der Waals surface area (Å²) in [5.41, 5.74) is 0.111. The molecule has 0 aliphatic heterocycles. The van der Waals surface area contributed by atoms with Crippen molar-refractivity contribution in [3.63, 3.8) is 0 Å². The van der Waals surface area contributed by atoms with E-state index in [2.05, 4.69) is 0 Å². The fraction of sp³-hybridized carbons (Fsp3) is 0.0667. The van der Waals surface area contributed by atoms with Crippen LogP contribution in [0, 0.1) is 5.82 Å². The Bertz CT molecular complexity index is 730. The average molecular weight is 362 g/mol. The molecule has 0 saturated carbocycles. The number of Topliss-reactive ketones (excluding diaryl/α,β-unsaturated/α-hetero) is 1. The zero-order valence-corrected chi connectivity index (χ0v) is 13.2. The first-order valence-corrected chi connectivity index (χ1v) is 7.13. The second-order valence-corrected chi connectivity index (χ2v) is 5.42. The van der Waals surface area contributed by atoms with Crippen LogP contribution in [0.3, 0.4) is 0 Å². The number of carbonyl (C=O) groups is 2. The Morgan fingerprint density at radius 2 is 1.55 bits per heavy atom. The van der Waals surface area contributed by atoms with Crippen LogP contribution in [0.15, 0.2) is 36.4 Å². The lowest BCUT2D eigenvalue weighted by molar-refractivity contribution is 0.0475. The number of halogens is 4. The minimum Gasteiger partial charge on any atom is -0.454 e. The van der Waals surface area contributed by atoms with Crippen molar-refractivity contribution in [3.8, 4) is 0 Å². The fourth-order valence-corrected chi connectivity index (χ4v) is 2.32. The summed E-state index contributed by atoms with van der Waals surface area (Å²) >= 11 is 17.6. The summed E-state index contributed by atoms with van der Waals surface area (Å²) in [6, 6.07) is 7.70. The van der Waals surface area contributed by atoms with Gasteiger partial charge in [0, 0.05) is 5.56 Å². The summed E-state index contributed by atoms with van der Waals surface area (Å²) in [6.07, 6.45) is 0. The third-order valence-corrected chi connectivity index (χ3v) is 3.87. The van der Waals surface area contributed by atoms with Gasteiger partial charge >= 0.3 is 5.97 Å². The molecule has 7 heteroatoms. The molecule has 0 aromatic heterocycles. The van der Waals surface area contributed by atoms with Crippen molar-refractivity contribution in [3.05, 3.63) is 68.4 Å². The van der Waals surface area contributed by atoms with Crippen molar-refractivity contribution in [2.45, 2.75) is 0 Å². The Kier molecular flexibility index (Phi) is 5.40. The molecule has 22 heavy (non-hydrogen) atoms. The lowest BCUT2D eigenvalue weighted by atomic mass is 10.1. The van der Waals surface area contributed by atoms with Crippen LogP contribution in [-0.2, 0) is 4.74 Å². The number of hydrogen-bond acceptors (Lipinski definition) is 3. The van der Waals surface area contributed by atoms with Gasteiger partial charge in [0.1, 0.15) is 5.82 Å². The summed E-state index contributed by atoms with van der Waals surface area (Å²) in [5, 5.41) is 0.157. The lowest BCUT2D eigenvalue weighted by Crippen LogP contribution is -2.15. The summed E-state index contributed by atoms with van der Waals surface area (Å²) in [6.45, 7) is -0.524. The Morgan fingerprint density at radius 3 is 2.18 bits per heavy atom. The second-order valence-electron chi connectivity index (χ2n) is 4.22. The molecular formula is C15H8Cl3FO3. The van der Waals surface area contributed by atoms with Crippen LogP contribution < -0.4 is 0 Å². The van der Waals surface area contributed by atoms with Crippen molar-refractivity contribution in [1.82, 2.24) is 0 Å². The molecule has 0 heterocycles. The second kappa shape index (κ2) is 7.09. The molecule has 0 amide bonds. The molecule has 0 aliphatic rings. The number of benzene rings is 2. The molecule has 0 bridgehead atoms. The van der Waals surface area contributed by atoms with Crippen molar-refractivity contribution in [1.29, 1.82) is 0 Å². The maximum Gasteiger partial charge on any atom is 0.341 e. The Balaban J connectivity index is 2.09.